The van der Waals surface area contributed by atoms with Crippen molar-refractivity contribution in [1.29, 1.82) is 0 Å². The summed E-state index contributed by atoms with van der Waals surface area (Å²) in [7, 11) is -4.93. The third-order valence-electron chi connectivity index (χ3n) is 1.85. The van der Waals surface area contributed by atoms with Crippen molar-refractivity contribution >= 4 is 21.5 Å². The summed E-state index contributed by atoms with van der Waals surface area (Å²) >= 11 is 0. The van der Waals surface area contributed by atoms with E-state index in [2.05, 4.69) is 5.16 Å². The van der Waals surface area contributed by atoms with Crippen molar-refractivity contribution in [3.63, 3.8) is 0 Å². The zero-order chi connectivity index (χ0) is 13.9. The number of benzene rings is 1. The molecule has 0 fully saturated rings. The maximum Gasteiger partial charge on any atom is 0.355 e. The molecule has 18 heavy (non-hydrogen) atoms. The Hall–Kier alpha value is -1.97. The maximum absolute atomic E-state index is 12.9. The standard InChI is InChI=1S/C8H8F3N3O3S/c9-4-1-2-6(5(3-4)7(12)13-15)14-18(16,17)8(10)11/h1-3,8,14-15H,(H2,12,13). The molecule has 6 nitrogen and oxygen atoms in total. The van der Waals surface area contributed by atoms with Crippen LogP contribution >= 0.6 is 0 Å². The number of rotatable bonds is 4. The van der Waals surface area contributed by atoms with E-state index in [9.17, 15) is 21.6 Å². The third-order valence-corrected chi connectivity index (χ3v) is 2.83. The minimum atomic E-state index is -4.93. The van der Waals surface area contributed by atoms with E-state index in [-0.39, 0.29) is 5.56 Å². The summed E-state index contributed by atoms with van der Waals surface area (Å²) in [6.45, 7) is 0. The molecular formula is C8H8F3N3O3S. The molecule has 0 aromatic heterocycles. The van der Waals surface area contributed by atoms with Crippen molar-refractivity contribution in [3.05, 3.63) is 29.6 Å². The molecule has 0 atom stereocenters. The Kier molecular flexibility index (Phi) is 4.01. The highest BCUT2D eigenvalue weighted by Crippen LogP contribution is 2.20. The van der Waals surface area contributed by atoms with Gasteiger partial charge in [-0.2, -0.15) is 8.78 Å². The first-order valence-corrected chi connectivity index (χ1v) is 5.90. The summed E-state index contributed by atoms with van der Waals surface area (Å²) in [5, 5.41) is 11.0. The van der Waals surface area contributed by atoms with Crippen molar-refractivity contribution in [3.8, 4) is 0 Å². The van der Waals surface area contributed by atoms with E-state index >= 15 is 0 Å². The van der Waals surface area contributed by atoms with Gasteiger partial charge >= 0.3 is 5.76 Å². The molecule has 10 heteroatoms. The van der Waals surface area contributed by atoms with E-state index in [1.807, 2.05) is 0 Å². The molecule has 0 aliphatic carbocycles. The molecule has 0 spiro atoms. The normalized spacial score (nSPS) is 12.8. The van der Waals surface area contributed by atoms with Gasteiger partial charge in [-0.1, -0.05) is 5.16 Å². The number of halogens is 3. The van der Waals surface area contributed by atoms with E-state index in [0.717, 1.165) is 18.2 Å². The molecule has 0 radical (unpaired) electrons. The van der Waals surface area contributed by atoms with Crippen molar-refractivity contribution in [2.75, 3.05) is 4.72 Å². The summed E-state index contributed by atoms with van der Waals surface area (Å²) < 4.78 is 60.6. The van der Waals surface area contributed by atoms with Crippen LogP contribution in [0.1, 0.15) is 5.56 Å². The van der Waals surface area contributed by atoms with Crippen molar-refractivity contribution in [2.24, 2.45) is 10.9 Å². The van der Waals surface area contributed by atoms with Crippen LogP contribution in [0.5, 0.6) is 0 Å². The molecular weight excluding hydrogens is 275 g/mol. The predicted molar refractivity (Wildman–Crippen MR) is 57.5 cm³/mol. The molecule has 0 heterocycles. The Balaban J connectivity index is 3.26. The molecule has 100 valence electrons. The van der Waals surface area contributed by atoms with Crippen molar-refractivity contribution in [1.82, 2.24) is 0 Å². The van der Waals surface area contributed by atoms with Crippen molar-refractivity contribution in [2.45, 2.75) is 5.76 Å². The van der Waals surface area contributed by atoms with Gasteiger partial charge in [0.1, 0.15) is 5.82 Å². The molecule has 1 aromatic carbocycles. The fourth-order valence-corrected chi connectivity index (χ4v) is 1.64. The van der Waals surface area contributed by atoms with E-state index in [4.69, 9.17) is 10.9 Å². The molecule has 0 saturated carbocycles. The first-order chi connectivity index (χ1) is 8.27. The summed E-state index contributed by atoms with van der Waals surface area (Å²) in [5.74, 6) is -5.10. The van der Waals surface area contributed by atoms with Crippen LogP contribution in [0.3, 0.4) is 0 Å². The fourth-order valence-electron chi connectivity index (χ4n) is 1.07. The molecule has 0 bridgehead atoms. The lowest BCUT2D eigenvalue weighted by atomic mass is 10.1. The van der Waals surface area contributed by atoms with Crippen LogP contribution in [0.15, 0.2) is 23.4 Å². The first-order valence-electron chi connectivity index (χ1n) is 4.35. The number of anilines is 1. The zero-order valence-corrected chi connectivity index (χ0v) is 9.46. The van der Waals surface area contributed by atoms with Crippen LogP contribution in [-0.2, 0) is 10.0 Å². The number of alkyl halides is 2. The van der Waals surface area contributed by atoms with Gasteiger partial charge in [-0.25, -0.2) is 12.8 Å². The second-order valence-electron chi connectivity index (χ2n) is 3.08. The molecule has 1 rings (SSSR count). The molecule has 0 unspecified atom stereocenters. The number of amidine groups is 1. The van der Waals surface area contributed by atoms with Gasteiger partial charge in [0.05, 0.1) is 5.69 Å². The Bertz CT molecular complexity index is 574. The van der Waals surface area contributed by atoms with Crippen LogP contribution in [0.4, 0.5) is 18.9 Å². The number of nitrogens with one attached hydrogen (secondary N) is 1. The topological polar surface area (TPSA) is 105 Å². The predicted octanol–water partition coefficient (Wildman–Crippen LogP) is 0.884. The maximum atomic E-state index is 12.9. The van der Waals surface area contributed by atoms with Crippen LogP contribution in [0.2, 0.25) is 0 Å². The minimum absolute atomic E-state index is 0.360. The Morgan fingerprint density at radius 3 is 2.56 bits per heavy atom. The highest BCUT2D eigenvalue weighted by Gasteiger charge is 2.25. The molecule has 0 aliphatic rings. The Morgan fingerprint density at radius 2 is 2.06 bits per heavy atom. The highest BCUT2D eigenvalue weighted by molar-refractivity contribution is 7.93. The van der Waals surface area contributed by atoms with Gasteiger partial charge in [-0.15, -0.1) is 0 Å². The second kappa shape index (κ2) is 5.12. The van der Waals surface area contributed by atoms with E-state index in [1.54, 1.807) is 0 Å². The first kappa shape index (κ1) is 14.1. The van der Waals surface area contributed by atoms with Gasteiger partial charge in [0, 0.05) is 5.56 Å². The van der Waals surface area contributed by atoms with Gasteiger partial charge in [0.2, 0.25) is 0 Å². The number of nitrogens with zero attached hydrogens (tertiary/aromatic N) is 1. The number of sulfonamides is 1. The van der Waals surface area contributed by atoms with E-state index in [0.29, 0.717) is 0 Å². The largest absolute Gasteiger partial charge is 0.409 e. The van der Waals surface area contributed by atoms with Gasteiger partial charge in [-0.3, -0.25) is 4.72 Å². The molecule has 0 saturated heterocycles. The number of nitrogens with two attached hydrogens (primary N) is 1. The van der Waals surface area contributed by atoms with Gasteiger partial charge in [-0.05, 0) is 18.2 Å². The molecule has 0 aliphatic heterocycles. The number of oxime groups is 1. The third kappa shape index (κ3) is 3.03. The van der Waals surface area contributed by atoms with Gasteiger partial charge in [0.15, 0.2) is 5.84 Å². The smallest absolute Gasteiger partial charge is 0.355 e. The SMILES string of the molecule is N/C(=N/O)c1cc(F)ccc1NS(=O)(=O)C(F)F. The van der Waals surface area contributed by atoms with Crippen molar-refractivity contribution < 1.29 is 26.8 Å². The molecule has 0 amide bonds. The Labute approximate surface area is 100.0 Å². The summed E-state index contributed by atoms with van der Waals surface area (Å²) in [5.41, 5.74) is 4.39. The lowest BCUT2D eigenvalue weighted by Gasteiger charge is -2.11. The number of hydrogen-bond acceptors (Lipinski definition) is 4. The molecule has 4 N–H and O–H groups in total. The van der Waals surface area contributed by atoms with E-state index in [1.165, 1.54) is 4.72 Å². The van der Waals surface area contributed by atoms with E-state index < -0.39 is 33.1 Å². The van der Waals surface area contributed by atoms with Crippen LogP contribution < -0.4 is 10.5 Å². The van der Waals surface area contributed by atoms with Crippen LogP contribution in [0, 0.1) is 5.82 Å². The summed E-state index contributed by atoms with van der Waals surface area (Å²) in [6.07, 6.45) is 0. The summed E-state index contributed by atoms with van der Waals surface area (Å²) in [4.78, 5) is 0. The fraction of sp³-hybridized carbons (Fsp3) is 0.125. The Morgan fingerprint density at radius 1 is 1.44 bits per heavy atom. The molecule has 1 aromatic rings. The second-order valence-corrected chi connectivity index (χ2v) is 4.73. The zero-order valence-electron chi connectivity index (χ0n) is 8.64. The van der Waals surface area contributed by atoms with Gasteiger partial charge < -0.3 is 10.9 Å². The average Bonchev–Trinajstić information content (AvgIpc) is 2.30. The monoisotopic (exact) mass is 283 g/mol. The minimum Gasteiger partial charge on any atom is -0.409 e. The van der Waals surface area contributed by atoms with Gasteiger partial charge in [0.25, 0.3) is 10.0 Å². The quantitative estimate of drug-likeness (QED) is 0.330. The van der Waals surface area contributed by atoms with Crippen LogP contribution in [0.25, 0.3) is 0 Å². The lowest BCUT2D eigenvalue weighted by molar-refractivity contribution is 0.236. The summed E-state index contributed by atoms with van der Waals surface area (Å²) in [6, 6.07) is 2.44. The lowest BCUT2D eigenvalue weighted by Crippen LogP contribution is -2.23. The number of hydrogen-bond donors (Lipinski definition) is 3. The highest BCUT2D eigenvalue weighted by atomic mass is 32.2. The van der Waals surface area contributed by atoms with Crippen LogP contribution in [-0.4, -0.2) is 25.2 Å². The average molecular weight is 283 g/mol.